The van der Waals surface area contributed by atoms with Crippen LogP contribution in [0.25, 0.3) is 0 Å². The van der Waals surface area contributed by atoms with E-state index >= 15 is 0 Å². The molecule has 0 saturated carbocycles. The maximum absolute atomic E-state index is 11.8. The van der Waals surface area contributed by atoms with E-state index in [0.717, 1.165) is 23.7 Å². The van der Waals surface area contributed by atoms with Crippen LogP contribution in [0.2, 0.25) is 5.28 Å². The Bertz CT molecular complexity index is 624. The predicted octanol–water partition coefficient (Wildman–Crippen LogP) is 1.09. The van der Waals surface area contributed by atoms with Crippen molar-refractivity contribution in [1.82, 2.24) is 20.2 Å². The second-order valence-electron chi connectivity index (χ2n) is 2.92. The molecule has 0 aromatic carbocycles. The molecule has 2 heterocycles. The average molecular weight is 292 g/mol. The Labute approximate surface area is 106 Å². The van der Waals surface area contributed by atoms with Gasteiger partial charge in [-0.3, -0.25) is 4.72 Å². The van der Waals surface area contributed by atoms with E-state index in [2.05, 4.69) is 24.9 Å². The smallest absolute Gasteiger partial charge is 0.253 e. The fourth-order valence-electron chi connectivity index (χ4n) is 0.951. The molecule has 0 unspecified atom stereocenters. The average Bonchev–Trinajstić information content (AvgIpc) is 2.63. The van der Waals surface area contributed by atoms with E-state index in [0.29, 0.717) is 5.01 Å². The summed E-state index contributed by atoms with van der Waals surface area (Å²) in [5.74, 6) is 0. The summed E-state index contributed by atoms with van der Waals surface area (Å²) < 4.78 is 25.9. The van der Waals surface area contributed by atoms with Gasteiger partial charge in [-0.2, -0.15) is 0 Å². The van der Waals surface area contributed by atoms with Crippen LogP contribution in [-0.4, -0.2) is 28.6 Å². The number of sulfonamides is 1. The number of nitrogens with zero attached hydrogens (tertiary/aromatic N) is 4. The number of hydrogen-bond donors (Lipinski definition) is 1. The Morgan fingerprint density at radius 2 is 1.94 bits per heavy atom. The number of aryl methyl sites for hydroxylation is 1. The Morgan fingerprint density at radius 3 is 2.47 bits per heavy atom. The van der Waals surface area contributed by atoms with Gasteiger partial charge in [0.1, 0.15) is 9.90 Å². The van der Waals surface area contributed by atoms with Gasteiger partial charge < -0.3 is 0 Å². The highest BCUT2D eigenvalue weighted by Crippen LogP contribution is 2.18. The lowest BCUT2D eigenvalue weighted by molar-refractivity contribution is 0.600. The van der Waals surface area contributed by atoms with Crippen molar-refractivity contribution in [3.8, 4) is 0 Å². The summed E-state index contributed by atoms with van der Waals surface area (Å²) in [6.45, 7) is 1.72. The number of rotatable bonds is 3. The van der Waals surface area contributed by atoms with Crippen LogP contribution in [0.4, 0.5) is 5.13 Å². The normalized spacial score (nSPS) is 11.4. The molecule has 2 aromatic heterocycles. The molecule has 0 aliphatic rings. The van der Waals surface area contributed by atoms with E-state index in [1.807, 2.05) is 0 Å². The molecule has 0 spiro atoms. The zero-order valence-corrected chi connectivity index (χ0v) is 10.8. The standard InChI is InChI=1S/C7H6ClN5O2S2/c1-4-11-12-7(16-4)13-17(14,15)5-2-9-6(8)10-3-5/h2-3H,1H3,(H,12,13). The Morgan fingerprint density at radius 1 is 1.29 bits per heavy atom. The van der Waals surface area contributed by atoms with Gasteiger partial charge in [0.2, 0.25) is 10.4 Å². The first-order chi connectivity index (χ1) is 7.97. The summed E-state index contributed by atoms with van der Waals surface area (Å²) in [7, 11) is -3.74. The lowest BCUT2D eigenvalue weighted by Crippen LogP contribution is -2.13. The number of hydrogen-bond acceptors (Lipinski definition) is 7. The minimum absolute atomic E-state index is 0.0179. The first-order valence-corrected chi connectivity index (χ1v) is 6.95. The molecule has 0 bridgehead atoms. The molecule has 0 atom stereocenters. The van der Waals surface area contributed by atoms with Crippen LogP contribution in [0.15, 0.2) is 17.3 Å². The van der Waals surface area contributed by atoms with E-state index in [4.69, 9.17) is 11.6 Å². The van der Waals surface area contributed by atoms with Gasteiger partial charge in [-0.25, -0.2) is 18.4 Å². The SMILES string of the molecule is Cc1nnc(NS(=O)(=O)c2cnc(Cl)nc2)s1. The maximum atomic E-state index is 11.8. The minimum atomic E-state index is -3.74. The van der Waals surface area contributed by atoms with Crippen molar-refractivity contribution in [2.24, 2.45) is 0 Å². The van der Waals surface area contributed by atoms with Crippen LogP contribution in [-0.2, 0) is 10.0 Å². The van der Waals surface area contributed by atoms with Crippen molar-refractivity contribution in [3.05, 3.63) is 22.7 Å². The van der Waals surface area contributed by atoms with Crippen LogP contribution in [0, 0.1) is 6.92 Å². The van der Waals surface area contributed by atoms with Gasteiger partial charge in [-0.15, -0.1) is 10.2 Å². The van der Waals surface area contributed by atoms with E-state index in [-0.39, 0.29) is 15.3 Å². The van der Waals surface area contributed by atoms with Crippen LogP contribution >= 0.6 is 22.9 Å². The third kappa shape index (κ3) is 2.87. The summed E-state index contributed by atoms with van der Waals surface area (Å²) in [4.78, 5) is 7.10. The second kappa shape index (κ2) is 4.51. The van der Waals surface area contributed by atoms with Crippen LogP contribution in [0.5, 0.6) is 0 Å². The summed E-state index contributed by atoms with van der Waals surface area (Å²) >= 11 is 6.60. The molecule has 10 heteroatoms. The van der Waals surface area contributed by atoms with Crippen LogP contribution in [0.3, 0.4) is 0 Å². The third-order valence-corrected chi connectivity index (χ3v) is 4.03. The van der Waals surface area contributed by atoms with Crippen molar-refractivity contribution < 1.29 is 8.42 Å². The molecule has 2 rings (SSSR count). The van der Waals surface area contributed by atoms with Gasteiger partial charge in [-0.05, 0) is 18.5 Å². The summed E-state index contributed by atoms with van der Waals surface area (Å²) in [6.07, 6.45) is 2.23. The van der Waals surface area contributed by atoms with Crippen LogP contribution in [0.1, 0.15) is 5.01 Å². The Kier molecular flexibility index (Phi) is 3.22. The van der Waals surface area contributed by atoms with Gasteiger partial charge in [0, 0.05) is 0 Å². The second-order valence-corrected chi connectivity index (χ2v) is 6.12. The van der Waals surface area contributed by atoms with Gasteiger partial charge in [0.05, 0.1) is 12.4 Å². The zero-order chi connectivity index (χ0) is 12.5. The predicted molar refractivity (Wildman–Crippen MR) is 62.5 cm³/mol. The highest BCUT2D eigenvalue weighted by Gasteiger charge is 2.17. The summed E-state index contributed by atoms with van der Waals surface area (Å²) in [5, 5.41) is 8.19. The molecule has 7 nitrogen and oxygen atoms in total. The van der Waals surface area contributed by atoms with Gasteiger partial charge in [0.25, 0.3) is 10.0 Å². The van der Waals surface area contributed by atoms with E-state index in [1.165, 1.54) is 0 Å². The number of nitrogens with one attached hydrogen (secondary N) is 1. The first-order valence-electron chi connectivity index (χ1n) is 4.28. The summed E-state index contributed by atoms with van der Waals surface area (Å²) in [6, 6.07) is 0. The van der Waals surface area contributed by atoms with Crippen molar-refractivity contribution in [2.75, 3.05) is 4.72 Å². The fourth-order valence-corrected chi connectivity index (χ4v) is 2.76. The fraction of sp³-hybridized carbons (Fsp3) is 0.143. The largest absolute Gasteiger partial charge is 0.266 e. The summed E-state index contributed by atoms with van der Waals surface area (Å²) in [5.41, 5.74) is 0. The Hall–Kier alpha value is -1.32. The van der Waals surface area contributed by atoms with Crippen molar-refractivity contribution in [1.29, 1.82) is 0 Å². The van der Waals surface area contributed by atoms with Gasteiger partial charge in [-0.1, -0.05) is 11.3 Å². The molecular weight excluding hydrogens is 286 g/mol. The van der Waals surface area contributed by atoms with E-state index in [1.54, 1.807) is 6.92 Å². The van der Waals surface area contributed by atoms with E-state index in [9.17, 15) is 8.42 Å². The molecule has 0 radical (unpaired) electrons. The molecular formula is C7H6ClN5O2S2. The molecule has 2 aromatic rings. The molecule has 90 valence electrons. The lowest BCUT2D eigenvalue weighted by atomic mass is 10.7. The topological polar surface area (TPSA) is 97.7 Å². The Balaban J connectivity index is 2.28. The maximum Gasteiger partial charge on any atom is 0.266 e. The van der Waals surface area contributed by atoms with Crippen molar-refractivity contribution >= 4 is 38.1 Å². The van der Waals surface area contributed by atoms with Gasteiger partial charge >= 0.3 is 0 Å². The lowest BCUT2D eigenvalue weighted by Gasteiger charge is -2.02. The molecule has 0 amide bonds. The van der Waals surface area contributed by atoms with Gasteiger partial charge in [0.15, 0.2) is 0 Å². The molecule has 0 aliphatic heterocycles. The monoisotopic (exact) mass is 291 g/mol. The van der Waals surface area contributed by atoms with Crippen molar-refractivity contribution in [3.63, 3.8) is 0 Å². The van der Waals surface area contributed by atoms with Crippen molar-refractivity contribution in [2.45, 2.75) is 11.8 Å². The number of halogens is 1. The molecule has 1 N–H and O–H groups in total. The molecule has 0 aliphatic carbocycles. The third-order valence-electron chi connectivity index (χ3n) is 1.65. The molecule has 0 saturated heterocycles. The first kappa shape index (κ1) is 12.1. The van der Waals surface area contributed by atoms with Crippen LogP contribution < -0.4 is 4.72 Å². The zero-order valence-electron chi connectivity index (χ0n) is 8.45. The molecule has 0 fully saturated rings. The quantitative estimate of drug-likeness (QED) is 0.850. The highest BCUT2D eigenvalue weighted by molar-refractivity contribution is 7.93. The van der Waals surface area contributed by atoms with E-state index < -0.39 is 10.0 Å². The molecule has 17 heavy (non-hydrogen) atoms. The minimum Gasteiger partial charge on any atom is -0.253 e. The number of aromatic nitrogens is 4. The number of anilines is 1. The highest BCUT2D eigenvalue weighted by atomic mass is 35.5.